The summed E-state index contributed by atoms with van der Waals surface area (Å²) in [6.45, 7) is -0.114. The molecule has 0 bridgehead atoms. The molecule has 0 saturated heterocycles. The molecular weight excluding hydrogens is 337 g/mol. The molecule has 0 spiro atoms. The number of hydrogen-bond acceptors (Lipinski definition) is 4. The minimum Gasteiger partial charge on any atom is -0.478 e. The van der Waals surface area contributed by atoms with E-state index in [4.69, 9.17) is 5.11 Å². The number of nitrogens with one attached hydrogen (secondary N) is 2. The molecule has 1 aromatic heterocycles. The number of sulfonamides is 1. The lowest BCUT2D eigenvalue weighted by Crippen LogP contribution is -2.24. The second kappa shape index (κ2) is 6.02. The highest BCUT2D eigenvalue weighted by molar-refractivity contribution is 7.89. The molecule has 2 aromatic carbocycles. The number of hydrogen-bond donors (Lipinski definition) is 3. The maximum atomic E-state index is 13.4. The van der Waals surface area contributed by atoms with Crippen LogP contribution in [-0.2, 0) is 16.6 Å². The Hall–Kier alpha value is -2.78. The molecule has 3 aromatic rings. The van der Waals surface area contributed by atoms with Gasteiger partial charge in [0, 0.05) is 0 Å². The first-order valence-corrected chi connectivity index (χ1v) is 8.31. The van der Waals surface area contributed by atoms with E-state index in [0.717, 1.165) is 23.7 Å². The SMILES string of the molecule is O=C(O)c1cc(S(=O)(=O)NCc2nc3ccccc3[nH]2)ccc1F. The van der Waals surface area contributed by atoms with Gasteiger partial charge in [-0.05, 0) is 30.3 Å². The van der Waals surface area contributed by atoms with Crippen molar-refractivity contribution in [1.29, 1.82) is 0 Å². The van der Waals surface area contributed by atoms with Gasteiger partial charge in [0.05, 0.1) is 28.0 Å². The third kappa shape index (κ3) is 3.12. The number of H-pyrrole nitrogens is 1. The van der Waals surface area contributed by atoms with Crippen LogP contribution in [0.2, 0.25) is 0 Å². The van der Waals surface area contributed by atoms with Gasteiger partial charge in [0.25, 0.3) is 0 Å². The molecule has 0 amide bonds. The average Bonchev–Trinajstić information content (AvgIpc) is 2.96. The van der Waals surface area contributed by atoms with Crippen molar-refractivity contribution in [2.45, 2.75) is 11.4 Å². The average molecular weight is 349 g/mol. The van der Waals surface area contributed by atoms with E-state index in [1.807, 2.05) is 12.1 Å². The number of carbonyl (C=O) groups is 1. The third-order valence-corrected chi connectivity index (χ3v) is 4.75. The van der Waals surface area contributed by atoms with Crippen molar-refractivity contribution in [2.75, 3.05) is 0 Å². The van der Waals surface area contributed by atoms with Gasteiger partial charge in [-0.2, -0.15) is 0 Å². The zero-order chi connectivity index (χ0) is 17.3. The van der Waals surface area contributed by atoms with E-state index in [-0.39, 0.29) is 11.4 Å². The number of benzene rings is 2. The predicted molar refractivity (Wildman–Crippen MR) is 83.5 cm³/mol. The van der Waals surface area contributed by atoms with Gasteiger partial charge in [-0.25, -0.2) is 27.3 Å². The van der Waals surface area contributed by atoms with Gasteiger partial charge in [0.1, 0.15) is 11.6 Å². The van der Waals surface area contributed by atoms with Crippen LogP contribution in [0.1, 0.15) is 16.2 Å². The summed E-state index contributed by atoms with van der Waals surface area (Å²) in [5, 5.41) is 8.87. The van der Waals surface area contributed by atoms with Crippen LogP contribution in [0, 0.1) is 5.82 Å². The quantitative estimate of drug-likeness (QED) is 0.651. The molecule has 0 unspecified atom stereocenters. The maximum absolute atomic E-state index is 13.4. The van der Waals surface area contributed by atoms with Crippen LogP contribution in [0.3, 0.4) is 0 Å². The number of halogens is 1. The molecule has 0 aliphatic rings. The number of aromatic carboxylic acids is 1. The van der Waals surface area contributed by atoms with E-state index in [1.54, 1.807) is 12.1 Å². The minimum atomic E-state index is -4.01. The number of aromatic nitrogens is 2. The van der Waals surface area contributed by atoms with Gasteiger partial charge in [-0.3, -0.25) is 0 Å². The first kappa shape index (κ1) is 16.1. The van der Waals surface area contributed by atoms with E-state index >= 15 is 0 Å². The van der Waals surface area contributed by atoms with Crippen molar-refractivity contribution in [3.8, 4) is 0 Å². The summed E-state index contributed by atoms with van der Waals surface area (Å²) in [7, 11) is -4.01. The topological polar surface area (TPSA) is 112 Å². The van der Waals surface area contributed by atoms with Crippen LogP contribution in [-0.4, -0.2) is 29.5 Å². The fourth-order valence-electron chi connectivity index (χ4n) is 2.17. The summed E-state index contributed by atoms with van der Waals surface area (Å²) >= 11 is 0. The molecule has 7 nitrogen and oxygen atoms in total. The molecule has 0 saturated carbocycles. The number of para-hydroxylation sites is 2. The van der Waals surface area contributed by atoms with Crippen LogP contribution in [0.25, 0.3) is 11.0 Å². The van der Waals surface area contributed by atoms with Crippen LogP contribution in [0.5, 0.6) is 0 Å². The Kier molecular flexibility index (Phi) is 4.04. The lowest BCUT2D eigenvalue weighted by molar-refractivity contribution is 0.0691. The first-order valence-electron chi connectivity index (χ1n) is 6.83. The van der Waals surface area contributed by atoms with Crippen molar-refractivity contribution in [3.05, 3.63) is 59.7 Å². The Morgan fingerprint density at radius 1 is 1.25 bits per heavy atom. The highest BCUT2D eigenvalue weighted by Gasteiger charge is 2.19. The van der Waals surface area contributed by atoms with Gasteiger partial charge in [0.15, 0.2) is 0 Å². The van der Waals surface area contributed by atoms with E-state index < -0.39 is 27.4 Å². The molecular formula is C15H12FN3O4S. The number of imidazole rings is 1. The number of carboxylic acid groups (broad SMARTS) is 1. The maximum Gasteiger partial charge on any atom is 0.338 e. The summed E-state index contributed by atoms with van der Waals surface area (Å²) in [6.07, 6.45) is 0. The summed E-state index contributed by atoms with van der Waals surface area (Å²) in [6, 6.07) is 9.80. The highest BCUT2D eigenvalue weighted by atomic mass is 32.2. The summed E-state index contributed by atoms with van der Waals surface area (Å²) in [5.41, 5.74) is 0.755. The Bertz CT molecular complexity index is 997. The second-order valence-corrected chi connectivity index (χ2v) is 6.74. The number of aromatic amines is 1. The van der Waals surface area contributed by atoms with Crippen molar-refractivity contribution in [2.24, 2.45) is 0 Å². The highest BCUT2D eigenvalue weighted by Crippen LogP contribution is 2.16. The fourth-order valence-corrected chi connectivity index (χ4v) is 3.19. The van der Waals surface area contributed by atoms with Gasteiger partial charge in [-0.1, -0.05) is 12.1 Å². The first-order chi connectivity index (χ1) is 11.4. The Balaban J connectivity index is 1.83. The van der Waals surface area contributed by atoms with Crippen LogP contribution in [0.4, 0.5) is 4.39 Å². The van der Waals surface area contributed by atoms with Crippen LogP contribution < -0.4 is 4.72 Å². The monoisotopic (exact) mass is 349 g/mol. The van der Waals surface area contributed by atoms with Crippen molar-refractivity contribution in [1.82, 2.24) is 14.7 Å². The number of carboxylic acids is 1. The molecule has 9 heteroatoms. The molecule has 24 heavy (non-hydrogen) atoms. The molecule has 0 radical (unpaired) electrons. The van der Waals surface area contributed by atoms with E-state index in [0.29, 0.717) is 11.3 Å². The van der Waals surface area contributed by atoms with Crippen LogP contribution in [0.15, 0.2) is 47.4 Å². The van der Waals surface area contributed by atoms with Crippen molar-refractivity contribution >= 4 is 27.0 Å². The van der Waals surface area contributed by atoms with Gasteiger partial charge in [-0.15, -0.1) is 0 Å². The molecule has 0 atom stereocenters. The van der Waals surface area contributed by atoms with E-state index in [1.165, 1.54) is 0 Å². The summed E-state index contributed by atoms with van der Waals surface area (Å²) in [5.74, 6) is -2.14. The number of fused-ring (bicyclic) bond motifs is 1. The summed E-state index contributed by atoms with van der Waals surface area (Å²) in [4.78, 5) is 17.8. The largest absolute Gasteiger partial charge is 0.478 e. The van der Waals surface area contributed by atoms with Gasteiger partial charge in [0.2, 0.25) is 10.0 Å². The third-order valence-electron chi connectivity index (χ3n) is 3.35. The fraction of sp³-hybridized carbons (Fsp3) is 0.0667. The Labute approximate surface area is 136 Å². The second-order valence-electron chi connectivity index (χ2n) is 4.97. The van der Waals surface area contributed by atoms with Crippen molar-refractivity contribution < 1.29 is 22.7 Å². The van der Waals surface area contributed by atoms with E-state index in [2.05, 4.69) is 14.7 Å². The smallest absolute Gasteiger partial charge is 0.338 e. The van der Waals surface area contributed by atoms with E-state index in [9.17, 15) is 17.6 Å². The Morgan fingerprint density at radius 2 is 2.00 bits per heavy atom. The molecule has 124 valence electrons. The summed E-state index contributed by atoms with van der Waals surface area (Å²) < 4.78 is 40.1. The van der Waals surface area contributed by atoms with Gasteiger partial charge >= 0.3 is 5.97 Å². The predicted octanol–water partition coefficient (Wildman–Crippen LogP) is 1.88. The molecule has 3 rings (SSSR count). The number of rotatable bonds is 5. The number of nitrogens with zero attached hydrogens (tertiary/aromatic N) is 1. The zero-order valence-electron chi connectivity index (χ0n) is 12.2. The molecule has 0 aliphatic carbocycles. The zero-order valence-corrected chi connectivity index (χ0v) is 13.0. The molecule has 3 N–H and O–H groups in total. The molecule has 0 fully saturated rings. The normalized spacial score (nSPS) is 11.7. The molecule has 0 aliphatic heterocycles. The Morgan fingerprint density at radius 3 is 2.71 bits per heavy atom. The van der Waals surface area contributed by atoms with Crippen LogP contribution >= 0.6 is 0 Å². The standard InChI is InChI=1S/C15H12FN3O4S/c16-11-6-5-9(7-10(11)15(20)21)24(22,23)17-8-14-18-12-3-1-2-4-13(12)19-14/h1-7,17H,8H2,(H,18,19)(H,20,21). The van der Waals surface area contributed by atoms with Gasteiger partial charge < -0.3 is 10.1 Å². The lowest BCUT2D eigenvalue weighted by Gasteiger charge is -2.06. The lowest BCUT2D eigenvalue weighted by atomic mass is 10.2. The molecule has 1 heterocycles. The van der Waals surface area contributed by atoms with Crippen molar-refractivity contribution in [3.63, 3.8) is 0 Å². The minimum absolute atomic E-state index is 0.114.